The number of nitrogens with one attached hydrogen (secondary N) is 1. The molecule has 0 atom stereocenters. The Hall–Kier alpha value is -1.15. The molecule has 0 aliphatic rings. The van der Waals surface area contributed by atoms with Gasteiger partial charge in [0.1, 0.15) is 0 Å². The van der Waals surface area contributed by atoms with Crippen LogP contribution in [0.4, 0.5) is 5.13 Å². The molecular formula is C10H10ClN3O2S2. The molecule has 0 spiro atoms. The van der Waals surface area contributed by atoms with E-state index in [1.54, 1.807) is 5.38 Å². The summed E-state index contributed by atoms with van der Waals surface area (Å²) in [7, 11) is -3.65. The minimum absolute atomic E-state index is 0.113. The molecule has 96 valence electrons. The van der Waals surface area contributed by atoms with E-state index in [9.17, 15) is 8.42 Å². The molecule has 18 heavy (non-hydrogen) atoms. The maximum absolute atomic E-state index is 12.1. The zero-order valence-electron chi connectivity index (χ0n) is 9.13. The van der Waals surface area contributed by atoms with Crippen molar-refractivity contribution in [1.82, 2.24) is 4.98 Å². The van der Waals surface area contributed by atoms with Crippen LogP contribution in [-0.2, 0) is 16.6 Å². The number of halogens is 1. The molecule has 1 aromatic heterocycles. The highest BCUT2D eigenvalue weighted by atomic mass is 35.5. The maximum Gasteiger partial charge on any atom is 0.263 e. The smallest absolute Gasteiger partial charge is 0.263 e. The van der Waals surface area contributed by atoms with Crippen LogP contribution in [0.5, 0.6) is 0 Å². The number of sulfonamides is 1. The zero-order chi connectivity index (χ0) is 13.2. The molecule has 5 nitrogen and oxygen atoms in total. The van der Waals surface area contributed by atoms with Gasteiger partial charge in [-0.15, -0.1) is 11.3 Å². The molecule has 1 aromatic carbocycles. The number of thiazole rings is 1. The van der Waals surface area contributed by atoms with Crippen molar-refractivity contribution in [2.75, 3.05) is 4.72 Å². The lowest BCUT2D eigenvalue weighted by molar-refractivity contribution is 0.601. The second kappa shape index (κ2) is 5.23. The van der Waals surface area contributed by atoms with Crippen LogP contribution in [0, 0.1) is 0 Å². The molecule has 0 saturated carbocycles. The largest absolute Gasteiger partial charge is 0.326 e. The van der Waals surface area contributed by atoms with Crippen LogP contribution in [0.3, 0.4) is 0 Å². The first-order valence-electron chi connectivity index (χ1n) is 4.94. The predicted octanol–water partition coefficient (Wildman–Crippen LogP) is 2.06. The molecule has 0 aliphatic carbocycles. The fraction of sp³-hybridized carbons (Fsp3) is 0.100. The summed E-state index contributed by atoms with van der Waals surface area (Å²) in [4.78, 5) is 3.98. The van der Waals surface area contributed by atoms with Crippen molar-refractivity contribution in [3.05, 3.63) is 40.4 Å². The number of benzene rings is 1. The SMILES string of the molecule is NCc1cc(S(=O)(=O)Nc2nccs2)ccc1Cl. The summed E-state index contributed by atoms with van der Waals surface area (Å²) >= 11 is 7.09. The number of hydrogen-bond acceptors (Lipinski definition) is 5. The molecule has 0 unspecified atom stereocenters. The zero-order valence-corrected chi connectivity index (χ0v) is 11.5. The third-order valence-corrected chi connectivity index (χ3v) is 4.72. The molecule has 0 bridgehead atoms. The highest BCUT2D eigenvalue weighted by molar-refractivity contribution is 7.93. The Morgan fingerprint density at radius 3 is 2.83 bits per heavy atom. The predicted molar refractivity (Wildman–Crippen MR) is 72.3 cm³/mol. The molecule has 3 N–H and O–H groups in total. The molecular weight excluding hydrogens is 294 g/mol. The van der Waals surface area contributed by atoms with Gasteiger partial charge in [-0.25, -0.2) is 13.4 Å². The number of rotatable bonds is 4. The number of hydrogen-bond donors (Lipinski definition) is 2. The van der Waals surface area contributed by atoms with Crippen molar-refractivity contribution in [3.63, 3.8) is 0 Å². The Bertz CT molecular complexity index is 641. The number of anilines is 1. The first-order valence-corrected chi connectivity index (χ1v) is 7.68. The minimum Gasteiger partial charge on any atom is -0.326 e. The normalized spacial score (nSPS) is 11.4. The average molecular weight is 304 g/mol. The van der Waals surface area contributed by atoms with Gasteiger partial charge in [0, 0.05) is 23.1 Å². The lowest BCUT2D eigenvalue weighted by Gasteiger charge is -2.07. The van der Waals surface area contributed by atoms with Crippen LogP contribution in [-0.4, -0.2) is 13.4 Å². The van der Waals surface area contributed by atoms with Gasteiger partial charge in [0.2, 0.25) is 0 Å². The third-order valence-electron chi connectivity index (χ3n) is 2.20. The van der Waals surface area contributed by atoms with Gasteiger partial charge < -0.3 is 5.73 Å². The van der Waals surface area contributed by atoms with E-state index in [-0.39, 0.29) is 11.4 Å². The first-order chi connectivity index (χ1) is 8.53. The molecule has 8 heteroatoms. The Morgan fingerprint density at radius 1 is 1.44 bits per heavy atom. The number of aromatic nitrogens is 1. The van der Waals surface area contributed by atoms with E-state index < -0.39 is 10.0 Å². The third kappa shape index (κ3) is 2.81. The molecule has 0 amide bonds. The average Bonchev–Trinajstić information content (AvgIpc) is 2.81. The Labute approximate surface area is 114 Å². The Morgan fingerprint density at radius 2 is 2.22 bits per heavy atom. The summed E-state index contributed by atoms with van der Waals surface area (Å²) in [6.07, 6.45) is 1.52. The monoisotopic (exact) mass is 303 g/mol. The highest BCUT2D eigenvalue weighted by Gasteiger charge is 2.16. The van der Waals surface area contributed by atoms with Crippen LogP contribution in [0.25, 0.3) is 0 Å². The van der Waals surface area contributed by atoms with Gasteiger partial charge in [0.05, 0.1) is 4.90 Å². The summed E-state index contributed by atoms with van der Waals surface area (Å²) < 4.78 is 26.5. The van der Waals surface area contributed by atoms with E-state index in [2.05, 4.69) is 9.71 Å². The Balaban J connectivity index is 2.35. The quantitative estimate of drug-likeness (QED) is 0.905. The fourth-order valence-corrected chi connectivity index (χ4v) is 3.36. The lowest BCUT2D eigenvalue weighted by atomic mass is 10.2. The number of nitrogens with two attached hydrogens (primary N) is 1. The highest BCUT2D eigenvalue weighted by Crippen LogP contribution is 2.22. The van der Waals surface area contributed by atoms with Crippen molar-refractivity contribution >= 4 is 38.1 Å². The molecule has 2 aromatic rings. The second-order valence-corrected chi connectivity index (χ2v) is 6.38. The van der Waals surface area contributed by atoms with Crippen LogP contribution >= 0.6 is 22.9 Å². The van der Waals surface area contributed by atoms with Crippen molar-refractivity contribution < 1.29 is 8.42 Å². The van der Waals surface area contributed by atoms with Crippen LogP contribution in [0.2, 0.25) is 5.02 Å². The summed E-state index contributed by atoms with van der Waals surface area (Å²) in [5, 5.41) is 2.45. The second-order valence-electron chi connectivity index (χ2n) is 3.40. The van der Waals surface area contributed by atoms with Gasteiger partial charge in [0.15, 0.2) is 5.13 Å². The van der Waals surface area contributed by atoms with Crippen molar-refractivity contribution in [1.29, 1.82) is 0 Å². The van der Waals surface area contributed by atoms with Crippen LogP contribution in [0.1, 0.15) is 5.56 Å². The van der Waals surface area contributed by atoms with Crippen molar-refractivity contribution in [3.8, 4) is 0 Å². The van der Waals surface area contributed by atoms with Gasteiger partial charge in [-0.2, -0.15) is 0 Å². The minimum atomic E-state index is -3.65. The lowest BCUT2D eigenvalue weighted by Crippen LogP contribution is -2.13. The molecule has 1 heterocycles. The summed E-state index contributed by atoms with van der Waals surface area (Å²) in [6, 6.07) is 4.40. The standard InChI is InChI=1S/C10H10ClN3O2S2/c11-9-2-1-8(5-7(9)6-12)18(15,16)14-10-13-3-4-17-10/h1-5H,6,12H2,(H,13,14). The van der Waals surface area contributed by atoms with Gasteiger partial charge in [-0.1, -0.05) is 11.6 Å². The topological polar surface area (TPSA) is 85.1 Å². The Kier molecular flexibility index (Phi) is 3.86. The van der Waals surface area contributed by atoms with Gasteiger partial charge in [-0.05, 0) is 23.8 Å². The van der Waals surface area contributed by atoms with Gasteiger partial charge in [-0.3, -0.25) is 4.72 Å². The van der Waals surface area contributed by atoms with E-state index >= 15 is 0 Å². The van der Waals surface area contributed by atoms with E-state index in [1.165, 1.54) is 35.7 Å². The molecule has 2 rings (SSSR count). The van der Waals surface area contributed by atoms with Gasteiger partial charge in [0.25, 0.3) is 10.0 Å². The van der Waals surface area contributed by atoms with E-state index in [1.807, 2.05) is 0 Å². The van der Waals surface area contributed by atoms with Crippen molar-refractivity contribution in [2.24, 2.45) is 5.73 Å². The van der Waals surface area contributed by atoms with E-state index in [4.69, 9.17) is 17.3 Å². The van der Waals surface area contributed by atoms with Crippen molar-refractivity contribution in [2.45, 2.75) is 11.4 Å². The van der Waals surface area contributed by atoms with E-state index in [0.717, 1.165) is 0 Å². The molecule has 0 saturated heterocycles. The summed E-state index contributed by atoms with van der Waals surface area (Å²) in [5.41, 5.74) is 6.07. The number of nitrogens with zero attached hydrogens (tertiary/aromatic N) is 1. The summed E-state index contributed by atoms with van der Waals surface area (Å²) in [5.74, 6) is 0. The molecule has 0 fully saturated rings. The van der Waals surface area contributed by atoms with Crippen LogP contribution < -0.4 is 10.5 Å². The van der Waals surface area contributed by atoms with Gasteiger partial charge >= 0.3 is 0 Å². The maximum atomic E-state index is 12.1. The van der Waals surface area contributed by atoms with Crippen LogP contribution in [0.15, 0.2) is 34.7 Å². The molecule has 0 aliphatic heterocycles. The van der Waals surface area contributed by atoms with E-state index in [0.29, 0.717) is 15.7 Å². The first kappa shape index (κ1) is 13.3. The summed E-state index contributed by atoms with van der Waals surface area (Å²) in [6.45, 7) is 0.180. The fourth-order valence-electron chi connectivity index (χ4n) is 1.32. The molecule has 0 radical (unpaired) electrons.